The summed E-state index contributed by atoms with van der Waals surface area (Å²) in [5.74, 6) is 1.32. The highest BCUT2D eigenvalue weighted by Crippen LogP contribution is 2.60. The van der Waals surface area contributed by atoms with Gasteiger partial charge in [-0.25, -0.2) is 4.98 Å². The lowest BCUT2D eigenvalue weighted by Crippen LogP contribution is -2.41. The molecule has 0 amide bonds. The van der Waals surface area contributed by atoms with Crippen LogP contribution in [0.2, 0.25) is 4.34 Å². The zero-order chi connectivity index (χ0) is 12.0. The van der Waals surface area contributed by atoms with E-state index in [0.29, 0.717) is 16.8 Å². The second-order valence-corrected chi connectivity index (χ2v) is 7.12. The van der Waals surface area contributed by atoms with E-state index in [2.05, 4.69) is 4.98 Å². The summed E-state index contributed by atoms with van der Waals surface area (Å²) in [6.45, 7) is 0.548. The van der Waals surface area contributed by atoms with Crippen molar-refractivity contribution in [3.63, 3.8) is 0 Å². The highest BCUT2D eigenvalue weighted by molar-refractivity contribution is 7.15. The molecular weight excluding hydrogens is 256 g/mol. The van der Waals surface area contributed by atoms with E-state index in [1.165, 1.54) is 30.6 Å². The van der Waals surface area contributed by atoms with E-state index in [4.69, 9.17) is 17.3 Å². The molecular formula is C12H17ClN2OS. The third kappa shape index (κ3) is 1.73. The van der Waals surface area contributed by atoms with E-state index in [9.17, 15) is 5.11 Å². The average Bonchev–Trinajstić information content (AvgIpc) is 3.02. The topological polar surface area (TPSA) is 59.1 Å². The molecule has 4 unspecified atom stereocenters. The number of hydrogen-bond acceptors (Lipinski definition) is 4. The Morgan fingerprint density at radius 1 is 1.65 bits per heavy atom. The summed E-state index contributed by atoms with van der Waals surface area (Å²) >= 11 is 7.27. The summed E-state index contributed by atoms with van der Waals surface area (Å²) in [5.41, 5.74) is 5.84. The van der Waals surface area contributed by atoms with Gasteiger partial charge in [0.25, 0.3) is 0 Å². The minimum absolute atomic E-state index is 0.149. The maximum absolute atomic E-state index is 10.6. The van der Waals surface area contributed by atoms with E-state index < -0.39 is 6.10 Å². The van der Waals surface area contributed by atoms with Gasteiger partial charge in [-0.05, 0) is 31.1 Å². The number of nitrogens with zero attached hydrogens (tertiary/aromatic N) is 1. The largest absolute Gasteiger partial charge is 0.385 e. The molecule has 0 spiro atoms. The highest BCUT2D eigenvalue weighted by Gasteiger charge is 2.54. The third-order valence-corrected chi connectivity index (χ3v) is 5.84. The number of rotatable bonds is 3. The predicted molar refractivity (Wildman–Crippen MR) is 69.0 cm³/mol. The molecule has 0 saturated heterocycles. The number of nitrogens with two attached hydrogens (primary N) is 1. The van der Waals surface area contributed by atoms with Crippen molar-refractivity contribution in [1.82, 2.24) is 4.98 Å². The van der Waals surface area contributed by atoms with Crippen molar-refractivity contribution >= 4 is 22.9 Å². The maximum Gasteiger partial charge on any atom is 0.123 e. The maximum atomic E-state index is 10.6. The smallest absolute Gasteiger partial charge is 0.123 e. The molecule has 3 rings (SSSR count). The molecule has 17 heavy (non-hydrogen) atoms. The second-order valence-electron chi connectivity index (χ2n) is 5.42. The quantitative estimate of drug-likeness (QED) is 0.889. The summed E-state index contributed by atoms with van der Waals surface area (Å²) in [7, 11) is 0. The molecule has 1 heterocycles. The van der Waals surface area contributed by atoms with Crippen LogP contribution in [0.4, 0.5) is 0 Å². The Bertz CT molecular complexity index is 424. The normalized spacial score (nSPS) is 37.6. The van der Waals surface area contributed by atoms with E-state index >= 15 is 0 Å². The first kappa shape index (κ1) is 11.9. The van der Waals surface area contributed by atoms with Crippen molar-refractivity contribution in [2.24, 2.45) is 23.0 Å². The molecule has 3 N–H and O–H groups in total. The third-order valence-electron chi connectivity index (χ3n) is 4.68. The van der Waals surface area contributed by atoms with Gasteiger partial charge in [0.1, 0.15) is 15.4 Å². The molecule has 1 aromatic rings. The Labute approximate surface area is 110 Å². The SMILES string of the molecule is NCC1(C(O)c2ncc(Cl)s2)CC2CCC1C2. The average molecular weight is 273 g/mol. The first-order chi connectivity index (χ1) is 8.15. The Hall–Kier alpha value is -0.160. The molecule has 2 saturated carbocycles. The minimum Gasteiger partial charge on any atom is -0.385 e. The standard InChI is InChI=1S/C12H17ClN2OS/c13-9-5-15-11(17-9)10(16)12(6-14)4-7-1-2-8(12)3-7/h5,7-8,10,16H,1-4,6,14H2. The molecule has 1 aromatic heterocycles. The van der Waals surface area contributed by atoms with E-state index in [1.54, 1.807) is 6.20 Å². The Kier molecular flexibility index (Phi) is 2.94. The van der Waals surface area contributed by atoms with Crippen LogP contribution in [-0.4, -0.2) is 16.6 Å². The van der Waals surface area contributed by atoms with E-state index in [0.717, 1.165) is 17.3 Å². The predicted octanol–water partition coefficient (Wildman–Crippen LogP) is 2.60. The van der Waals surface area contributed by atoms with Gasteiger partial charge in [-0.3, -0.25) is 0 Å². The van der Waals surface area contributed by atoms with Crippen molar-refractivity contribution in [3.8, 4) is 0 Å². The van der Waals surface area contributed by atoms with Crippen LogP contribution in [0.1, 0.15) is 36.8 Å². The van der Waals surface area contributed by atoms with Gasteiger partial charge in [-0.1, -0.05) is 18.0 Å². The summed E-state index contributed by atoms with van der Waals surface area (Å²) in [4.78, 5) is 4.22. The second kappa shape index (κ2) is 4.19. The van der Waals surface area contributed by atoms with Gasteiger partial charge in [-0.15, -0.1) is 11.3 Å². The summed E-state index contributed by atoms with van der Waals surface area (Å²) in [6, 6.07) is 0. The fourth-order valence-corrected chi connectivity index (χ4v) is 4.87. The summed E-state index contributed by atoms with van der Waals surface area (Å²) in [6.07, 6.45) is 5.86. The van der Waals surface area contributed by atoms with Crippen LogP contribution in [0.5, 0.6) is 0 Å². The first-order valence-electron chi connectivity index (χ1n) is 6.15. The van der Waals surface area contributed by atoms with Gasteiger partial charge in [0.15, 0.2) is 0 Å². The van der Waals surface area contributed by atoms with Crippen LogP contribution in [0.3, 0.4) is 0 Å². The number of hydrogen-bond donors (Lipinski definition) is 2. The summed E-state index contributed by atoms with van der Waals surface area (Å²) < 4.78 is 0.634. The molecule has 94 valence electrons. The van der Waals surface area contributed by atoms with Gasteiger partial charge in [0.2, 0.25) is 0 Å². The van der Waals surface area contributed by atoms with Crippen LogP contribution in [0.25, 0.3) is 0 Å². The highest BCUT2D eigenvalue weighted by atomic mass is 35.5. The Balaban J connectivity index is 1.91. The lowest BCUT2D eigenvalue weighted by molar-refractivity contribution is -0.0131. The number of thiazole rings is 1. The Morgan fingerprint density at radius 2 is 2.47 bits per heavy atom. The van der Waals surface area contributed by atoms with Crippen LogP contribution in [-0.2, 0) is 0 Å². The zero-order valence-corrected chi connectivity index (χ0v) is 11.2. The molecule has 0 aromatic carbocycles. The molecule has 5 heteroatoms. The molecule has 2 fully saturated rings. The molecule has 2 bridgehead atoms. The number of halogens is 1. The molecule has 0 radical (unpaired) electrons. The van der Waals surface area contributed by atoms with Crippen molar-refractivity contribution in [1.29, 1.82) is 0 Å². The molecule has 0 aliphatic heterocycles. The number of aromatic nitrogens is 1. The van der Waals surface area contributed by atoms with Gasteiger partial charge < -0.3 is 10.8 Å². The lowest BCUT2D eigenvalue weighted by atomic mass is 9.69. The van der Waals surface area contributed by atoms with Crippen molar-refractivity contribution in [3.05, 3.63) is 15.5 Å². The van der Waals surface area contributed by atoms with E-state index in [1.807, 2.05) is 0 Å². The van der Waals surface area contributed by atoms with Gasteiger partial charge >= 0.3 is 0 Å². The number of aliphatic hydroxyl groups is 1. The molecule has 2 aliphatic rings. The fourth-order valence-electron chi connectivity index (χ4n) is 3.82. The number of fused-ring (bicyclic) bond motifs is 2. The van der Waals surface area contributed by atoms with Gasteiger partial charge in [0.05, 0.1) is 6.20 Å². The Morgan fingerprint density at radius 3 is 2.94 bits per heavy atom. The van der Waals surface area contributed by atoms with E-state index in [-0.39, 0.29) is 5.41 Å². The first-order valence-corrected chi connectivity index (χ1v) is 7.34. The molecule has 4 atom stereocenters. The minimum atomic E-state index is -0.541. The zero-order valence-electron chi connectivity index (χ0n) is 9.60. The van der Waals surface area contributed by atoms with Gasteiger partial charge in [-0.2, -0.15) is 0 Å². The fraction of sp³-hybridized carbons (Fsp3) is 0.750. The van der Waals surface area contributed by atoms with Crippen LogP contribution in [0.15, 0.2) is 6.20 Å². The number of aliphatic hydroxyl groups excluding tert-OH is 1. The van der Waals surface area contributed by atoms with Crippen LogP contribution >= 0.6 is 22.9 Å². The monoisotopic (exact) mass is 272 g/mol. The van der Waals surface area contributed by atoms with Crippen molar-refractivity contribution < 1.29 is 5.11 Å². The van der Waals surface area contributed by atoms with Crippen LogP contribution in [0, 0.1) is 17.3 Å². The lowest BCUT2D eigenvalue weighted by Gasteiger charge is -2.39. The van der Waals surface area contributed by atoms with Gasteiger partial charge in [0, 0.05) is 12.0 Å². The molecule has 3 nitrogen and oxygen atoms in total. The molecule has 2 aliphatic carbocycles. The summed E-state index contributed by atoms with van der Waals surface area (Å²) in [5, 5.41) is 11.3. The van der Waals surface area contributed by atoms with Crippen LogP contribution < -0.4 is 5.73 Å². The van der Waals surface area contributed by atoms with Crippen molar-refractivity contribution in [2.45, 2.75) is 31.8 Å². The van der Waals surface area contributed by atoms with Crippen molar-refractivity contribution in [2.75, 3.05) is 6.54 Å².